The van der Waals surface area contributed by atoms with Crippen molar-refractivity contribution >= 4 is 33.2 Å². The smallest absolute Gasteiger partial charge is 0.243 e. The Labute approximate surface area is 127 Å². The second-order valence-corrected chi connectivity index (χ2v) is 5.38. The second kappa shape index (κ2) is 7.10. The first kappa shape index (κ1) is 14.6. The number of carbonyl (C=O) groups excluding carboxylic acids is 1. The van der Waals surface area contributed by atoms with E-state index in [1.54, 1.807) is 0 Å². The summed E-state index contributed by atoms with van der Waals surface area (Å²) in [6, 6.07) is 15.6. The summed E-state index contributed by atoms with van der Waals surface area (Å²) in [5, 5.41) is 5.95. The summed E-state index contributed by atoms with van der Waals surface area (Å²) >= 11 is 3.37. The largest absolute Gasteiger partial charge is 0.376 e. The summed E-state index contributed by atoms with van der Waals surface area (Å²) in [7, 11) is 0. The van der Waals surface area contributed by atoms with Crippen LogP contribution in [0.5, 0.6) is 0 Å². The monoisotopic (exact) mass is 332 g/mol. The number of hydrogen-bond acceptors (Lipinski definition) is 2. The van der Waals surface area contributed by atoms with Gasteiger partial charge in [-0.1, -0.05) is 41.1 Å². The lowest BCUT2D eigenvalue weighted by Crippen LogP contribution is -2.21. The molecule has 0 saturated heterocycles. The fourth-order valence-corrected chi connectivity index (χ4v) is 2.21. The number of halogens is 1. The van der Waals surface area contributed by atoms with E-state index in [2.05, 4.69) is 45.6 Å². The zero-order valence-corrected chi connectivity index (χ0v) is 12.9. The van der Waals surface area contributed by atoms with Crippen LogP contribution in [0.4, 0.5) is 11.4 Å². The van der Waals surface area contributed by atoms with Crippen LogP contribution >= 0.6 is 15.9 Å². The van der Waals surface area contributed by atoms with Crippen molar-refractivity contribution in [2.24, 2.45) is 0 Å². The SMILES string of the molecule is CCc1ccc(NCC(=O)Nc2cccc(Br)c2)cc1. The molecule has 0 heterocycles. The summed E-state index contributed by atoms with van der Waals surface area (Å²) in [4.78, 5) is 11.8. The fourth-order valence-electron chi connectivity index (χ4n) is 1.81. The first-order valence-electron chi connectivity index (χ1n) is 6.55. The minimum Gasteiger partial charge on any atom is -0.376 e. The van der Waals surface area contributed by atoms with Gasteiger partial charge in [-0.05, 0) is 42.3 Å². The lowest BCUT2D eigenvalue weighted by molar-refractivity contribution is -0.114. The fraction of sp³-hybridized carbons (Fsp3) is 0.188. The molecule has 0 unspecified atom stereocenters. The maximum atomic E-state index is 11.8. The molecule has 2 aromatic rings. The molecular formula is C16H17BrN2O. The van der Waals surface area contributed by atoms with Crippen LogP contribution in [0.2, 0.25) is 0 Å². The molecule has 2 N–H and O–H groups in total. The van der Waals surface area contributed by atoms with Crippen LogP contribution in [0, 0.1) is 0 Å². The van der Waals surface area contributed by atoms with Gasteiger partial charge in [0.15, 0.2) is 0 Å². The van der Waals surface area contributed by atoms with Crippen LogP contribution in [-0.2, 0) is 11.2 Å². The molecule has 0 fully saturated rings. The molecule has 0 aliphatic heterocycles. The van der Waals surface area contributed by atoms with Crippen molar-refractivity contribution in [2.45, 2.75) is 13.3 Å². The summed E-state index contributed by atoms with van der Waals surface area (Å²) < 4.78 is 0.943. The van der Waals surface area contributed by atoms with Crippen LogP contribution in [0.25, 0.3) is 0 Å². The summed E-state index contributed by atoms with van der Waals surface area (Å²) in [5.41, 5.74) is 3.02. The molecule has 0 atom stereocenters. The van der Waals surface area contributed by atoms with Gasteiger partial charge in [0.2, 0.25) is 5.91 Å². The predicted molar refractivity (Wildman–Crippen MR) is 87.1 cm³/mol. The van der Waals surface area contributed by atoms with Crippen molar-refractivity contribution in [1.29, 1.82) is 0 Å². The van der Waals surface area contributed by atoms with Gasteiger partial charge < -0.3 is 10.6 Å². The Hall–Kier alpha value is -1.81. The van der Waals surface area contributed by atoms with Crippen molar-refractivity contribution in [3.8, 4) is 0 Å². The van der Waals surface area contributed by atoms with Gasteiger partial charge >= 0.3 is 0 Å². The molecule has 0 radical (unpaired) electrons. The van der Waals surface area contributed by atoms with Crippen molar-refractivity contribution < 1.29 is 4.79 Å². The molecule has 0 aliphatic carbocycles. The number of aryl methyl sites for hydroxylation is 1. The van der Waals surface area contributed by atoms with E-state index >= 15 is 0 Å². The highest BCUT2D eigenvalue weighted by molar-refractivity contribution is 9.10. The Morgan fingerprint density at radius 3 is 2.50 bits per heavy atom. The highest BCUT2D eigenvalue weighted by Crippen LogP contribution is 2.15. The molecule has 2 rings (SSSR count). The quantitative estimate of drug-likeness (QED) is 0.866. The number of benzene rings is 2. The maximum Gasteiger partial charge on any atom is 0.243 e. The number of hydrogen-bond donors (Lipinski definition) is 2. The van der Waals surface area contributed by atoms with E-state index in [0.29, 0.717) is 0 Å². The van der Waals surface area contributed by atoms with E-state index < -0.39 is 0 Å². The molecule has 4 heteroatoms. The van der Waals surface area contributed by atoms with Crippen LogP contribution in [0.15, 0.2) is 53.0 Å². The summed E-state index contributed by atoms with van der Waals surface area (Å²) in [5.74, 6) is -0.0670. The summed E-state index contributed by atoms with van der Waals surface area (Å²) in [6.45, 7) is 2.37. The minimum atomic E-state index is -0.0670. The van der Waals surface area contributed by atoms with Gasteiger partial charge in [-0.3, -0.25) is 4.79 Å². The Bertz CT molecular complexity index is 581. The van der Waals surface area contributed by atoms with Crippen molar-refractivity contribution in [2.75, 3.05) is 17.2 Å². The minimum absolute atomic E-state index is 0.0670. The van der Waals surface area contributed by atoms with Crippen LogP contribution in [0.1, 0.15) is 12.5 Å². The van der Waals surface area contributed by atoms with Gasteiger partial charge in [-0.15, -0.1) is 0 Å². The van der Waals surface area contributed by atoms with Gasteiger partial charge in [0.05, 0.1) is 6.54 Å². The molecule has 0 saturated carbocycles. The maximum absolute atomic E-state index is 11.8. The Balaban J connectivity index is 1.85. The van der Waals surface area contributed by atoms with E-state index in [0.717, 1.165) is 22.3 Å². The van der Waals surface area contributed by atoms with Crippen LogP contribution in [0.3, 0.4) is 0 Å². The highest BCUT2D eigenvalue weighted by atomic mass is 79.9. The molecule has 3 nitrogen and oxygen atoms in total. The molecule has 0 aliphatic rings. The molecule has 104 valence electrons. The number of anilines is 2. The van der Waals surface area contributed by atoms with E-state index in [1.807, 2.05) is 36.4 Å². The molecule has 0 aromatic heterocycles. The normalized spacial score (nSPS) is 10.1. The van der Waals surface area contributed by atoms with Gasteiger partial charge in [0.1, 0.15) is 0 Å². The zero-order valence-electron chi connectivity index (χ0n) is 11.3. The molecule has 2 aromatic carbocycles. The topological polar surface area (TPSA) is 41.1 Å². The third-order valence-electron chi connectivity index (χ3n) is 2.92. The Morgan fingerprint density at radius 2 is 1.85 bits per heavy atom. The third-order valence-corrected chi connectivity index (χ3v) is 3.42. The Morgan fingerprint density at radius 1 is 1.10 bits per heavy atom. The van der Waals surface area contributed by atoms with E-state index in [4.69, 9.17) is 0 Å². The molecule has 1 amide bonds. The van der Waals surface area contributed by atoms with Crippen LogP contribution in [-0.4, -0.2) is 12.5 Å². The second-order valence-electron chi connectivity index (χ2n) is 4.46. The summed E-state index contributed by atoms with van der Waals surface area (Å²) in [6.07, 6.45) is 1.02. The first-order valence-corrected chi connectivity index (χ1v) is 7.35. The number of rotatable bonds is 5. The lowest BCUT2D eigenvalue weighted by atomic mass is 10.1. The molecular weight excluding hydrogens is 316 g/mol. The van der Waals surface area contributed by atoms with Crippen LogP contribution < -0.4 is 10.6 Å². The number of carbonyl (C=O) groups is 1. The number of nitrogens with one attached hydrogen (secondary N) is 2. The van der Waals surface area contributed by atoms with Crippen molar-refractivity contribution in [1.82, 2.24) is 0 Å². The first-order chi connectivity index (χ1) is 9.67. The van der Waals surface area contributed by atoms with Crippen molar-refractivity contribution in [3.05, 3.63) is 58.6 Å². The molecule has 0 bridgehead atoms. The van der Waals surface area contributed by atoms with Gasteiger partial charge in [-0.2, -0.15) is 0 Å². The lowest BCUT2D eigenvalue weighted by Gasteiger charge is -2.08. The average Bonchev–Trinajstić information content (AvgIpc) is 2.46. The van der Waals surface area contributed by atoms with Gasteiger partial charge in [0.25, 0.3) is 0 Å². The van der Waals surface area contributed by atoms with Gasteiger partial charge in [0, 0.05) is 15.8 Å². The molecule has 20 heavy (non-hydrogen) atoms. The highest BCUT2D eigenvalue weighted by Gasteiger charge is 2.02. The van der Waals surface area contributed by atoms with E-state index in [-0.39, 0.29) is 12.5 Å². The van der Waals surface area contributed by atoms with E-state index in [1.165, 1.54) is 5.56 Å². The average molecular weight is 333 g/mol. The standard InChI is InChI=1S/C16H17BrN2O/c1-2-12-6-8-14(9-7-12)18-11-16(20)19-15-5-3-4-13(17)10-15/h3-10,18H,2,11H2,1H3,(H,19,20). The van der Waals surface area contributed by atoms with Crippen molar-refractivity contribution in [3.63, 3.8) is 0 Å². The third kappa shape index (κ3) is 4.38. The van der Waals surface area contributed by atoms with E-state index in [9.17, 15) is 4.79 Å². The predicted octanol–water partition coefficient (Wildman–Crippen LogP) is 4.06. The molecule has 0 spiro atoms. The Kier molecular flexibility index (Phi) is 5.18. The number of amides is 1. The van der Waals surface area contributed by atoms with Gasteiger partial charge in [-0.25, -0.2) is 0 Å². The zero-order chi connectivity index (χ0) is 14.4.